The Hall–Kier alpha value is -3.19. The molecule has 1 amide bonds. The molecule has 0 radical (unpaired) electrons. The predicted molar refractivity (Wildman–Crippen MR) is 110 cm³/mol. The predicted octanol–water partition coefficient (Wildman–Crippen LogP) is 4.03. The number of amides is 1. The van der Waals surface area contributed by atoms with E-state index >= 15 is 0 Å². The number of halogens is 1. The summed E-state index contributed by atoms with van der Waals surface area (Å²) in [7, 11) is 1.53. The van der Waals surface area contributed by atoms with Crippen LogP contribution in [0.15, 0.2) is 51.9 Å². The van der Waals surface area contributed by atoms with E-state index in [-0.39, 0.29) is 28.8 Å². The van der Waals surface area contributed by atoms with Crippen molar-refractivity contribution in [2.24, 2.45) is 4.99 Å². The molecule has 0 aliphatic carbocycles. The topological polar surface area (TPSA) is 73.1 Å². The van der Waals surface area contributed by atoms with E-state index in [1.54, 1.807) is 24.3 Å². The first kappa shape index (κ1) is 20.1. The Morgan fingerprint density at radius 3 is 2.93 bits per heavy atom. The van der Waals surface area contributed by atoms with Crippen LogP contribution in [0.2, 0.25) is 0 Å². The van der Waals surface area contributed by atoms with Crippen molar-refractivity contribution in [3.63, 3.8) is 0 Å². The van der Waals surface area contributed by atoms with Gasteiger partial charge in [-0.1, -0.05) is 18.2 Å². The number of carbonyl (C=O) groups is 1. The van der Waals surface area contributed by atoms with E-state index in [1.165, 1.54) is 13.2 Å². The lowest BCUT2D eigenvalue weighted by Crippen LogP contribution is -2.34. The standard InChI is InChI=1S/C23H23FN2O4/c1-14-8-9-18(24)19(11-14)26-23-17(22(27)25-13-16-6-4-10-29-16)12-15-5-3-7-20(28-2)21(15)30-23/h3,5,7-9,11-12,16H,4,6,10,13H2,1-2H3,(H,25,27)/t16-/m1/s1. The van der Waals surface area contributed by atoms with Crippen LogP contribution in [0.1, 0.15) is 28.8 Å². The molecule has 1 saturated heterocycles. The van der Waals surface area contributed by atoms with Crippen molar-refractivity contribution in [2.45, 2.75) is 25.9 Å². The summed E-state index contributed by atoms with van der Waals surface area (Å²) in [6, 6.07) is 11.7. The fourth-order valence-corrected chi connectivity index (χ4v) is 3.46. The van der Waals surface area contributed by atoms with Crippen LogP contribution in [0.3, 0.4) is 0 Å². The van der Waals surface area contributed by atoms with Gasteiger partial charge < -0.3 is 19.2 Å². The zero-order chi connectivity index (χ0) is 21.1. The van der Waals surface area contributed by atoms with Gasteiger partial charge in [0.25, 0.3) is 5.91 Å². The molecule has 30 heavy (non-hydrogen) atoms. The summed E-state index contributed by atoms with van der Waals surface area (Å²) in [5, 5.41) is 3.56. The highest BCUT2D eigenvalue weighted by molar-refractivity contribution is 5.97. The third kappa shape index (κ3) is 4.21. The van der Waals surface area contributed by atoms with Crippen LogP contribution in [0, 0.1) is 12.7 Å². The first-order valence-corrected chi connectivity index (χ1v) is 9.86. The van der Waals surface area contributed by atoms with Crippen LogP contribution in [0.4, 0.5) is 10.1 Å². The molecule has 1 aliphatic heterocycles. The second kappa shape index (κ2) is 8.67. The summed E-state index contributed by atoms with van der Waals surface area (Å²) in [4.78, 5) is 17.3. The third-order valence-electron chi connectivity index (χ3n) is 5.04. The minimum atomic E-state index is -0.498. The molecular weight excluding hydrogens is 387 g/mol. The summed E-state index contributed by atoms with van der Waals surface area (Å²) >= 11 is 0. The number of nitrogens with zero attached hydrogens (tertiary/aromatic N) is 1. The normalized spacial score (nSPS) is 16.8. The molecule has 6 nitrogen and oxygen atoms in total. The van der Waals surface area contributed by atoms with Crippen molar-refractivity contribution < 1.29 is 23.1 Å². The van der Waals surface area contributed by atoms with E-state index in [0.717, 1.165) is 18.4 Å². The molecule has 0 unspecified atom stereocenters. The number of hydrogen-bond acceptors (Lipinski definition) is 5. The quantitative estimate of drug-likeness (QED) is 0.689. The molecule has 156 valence electrons. The van der Waals surface area contributed by atoms with Gasteiger partial charge in [0.2, 0.25) is 5.55 Å². The highest BCUT2D eigenvalue weighted by atomic mass is 19.1. The first-order chi connectivity index (χ1) is 14.5. The Morgan fingerprint density at radius 2 is 2.17 bits per heavy atom. The van der Waals surface area contributed by atoms with Crippen LogP contribution >= 0.6 is 0 Å². The van der Waals surface area contributed by atoms with Gasteiger partial charge in [-0.25, -0.2) is 9.38 Å². The van der Waals surface area contributed by atoms with E-state index in [4.69, 9.17) is 13.9 Å². The molecule has 3 aromatic rings. The van der Waals surface area contributed by atoms with E-state index in [1.807, 2.05) is 19.1 Å². The number of para-hydroxylation sites is 1. The monoisotopic (exact) mass is 410 g/mol. The van der Waals surface area contributed by atoms with E-state index in [2.05, 4.69) is 10.3 Å². The molecule has 0 spiro atoms. The van der Waals surface area contributed by atoms with Crippen LogP contribution in [0.5, 0.6) is 5.75 Å². The fraction of sp³-hybridized carbons (Fsp3) is 0.304. The van der Waals surface area contributed by atoms with Gasteiger partial charge in [-0.3, -0.25) is 4.79 Å². The molecule has 1 fully saturated rings. The summed E-state index contributed by atoms with van der Waals surface area (Å²) in [6.07, 6.45) is 1.89. The highest BCUT2D eigenvalue weighted by Gasteiger charge is 2.19. The maximum absolute atomic E-state index is 14.3. The van der Waals surface area contributed by atoms with Crippen molar-refractivity contribution >= 4 is 22.6 Å². The zero-order valence-corrected chi connectivity index (χ0v) is 16.9. The lowest BCUT2D eigenvalue weighted by atomic mass is 10.1. The van der Waals surface area contributed by atoms with Crippen molar-refractivity contribution in [1.82, 2.24) is 5.32 Å². The number of benzene rings is 2. The van der Waals surface area contributed by atoms with Crippen molar-refractivity contribution in [3.8, 4) is 5.75 Å². The largest absolute Gasteiger partial charge is 0.493 e. The smallest absolute Gasteiger partial charge is 0.256 e. The number of methoxy groups -OCH3 is 1. The maximum Gasteiger partial charge on any atom is 0.256 e. The van der Waals surface area contributed by atoms with E-state index in [0.29, 0.717) is 29.9 Å². The van der Waals surface area contributed by atoms with Gasteiger partial charge in [0, 0.05) is 18.5 Å². The van der Waals surface area contributed by atoms with Gasteiger partial charge >= 0.3 is 0 Å². The average Bonchev–Trinajstić information content (AvgIpc) is 3.27. The molecular formula is C23H23FN2O4. The van der Waals surface area contributed by atoms with Crippen LogP contribution in [-0.4, -0.2) is 32.3 Å². The summed E-state index contributed by atoms with van der Waals surface area (Å²) in [5.74, 6) is -0.354. The second-order valence-electron chi connectivity index (χ2n) is 7.26. The molecule has 1 aliphatic rings. The van der Waals surface area contributed by atoms with Crippen molar-refractivity contribution in [2.75, 3.05) is 20.3 Å². The highest BCUT2D eigenvalue weighted by Crippen LogP contribution is 2.25. The summed E-state index contributed by atoms with van der Waals surface area (Å²) in [6.45, 7) is 2.94. The summed E-state index contributed by atoms with van der Waals surface area (Å²) in [5.41, 5.74) is 1.61. The SMILES string of the molecule is COc1cccc2cc(C(=O)NC[C@H]3CCCO3)c(=Nc3cc(C)ccc3F)oc12. The molecule has 0 bridgehead atoms. The Labute approximate surface area is 173 Å². The minimum Gasteiger partial charge on any atom is -0.493 e. The Morgan fingerprint density at radius 1 is 1.30 bits per heavy atom. The Kier molecular flexibility index (Phi) is 5.81. The number of ether oxygens (including phenoxy) is 2. The lowest BCUT2D eigenvalue weighted by Gasteiger charge is -2.12. The second-order valence-corrected chi connectivity index (χ2v) is 7.26. The number of nitrogens with one attached hydrogen (secondary N) is 1. The third-order valence-corrected chi connectivity index (χ3v) is 5.04. The van der Waals surface area contributed by atoms with Gasteiger partial charge in [-0.05, 0) is 49.6 Å². The zero-order valence-electron chi connectivity index (χ0n) is 16.9. The Bertz CT molecular complexity index is 1150. The van der Waals surface area contributed by atoms with Gasteiger partial charge in [0.1, 0.15) is 17.1 Å². The van der Waals surface area contributed by atoms with Crippen LogP contribution in [-0.2, 0) is 4.74 Å². The lowest BCUT2D eigenvalue weighted by molar-refractivity contribution is 0.0854. The van der Waals surface area contributed by atoms with Crippen molar-refractivity contribution in [1.29, 1.82) is 0 Å². The molecule has 4 rings (SSSR count). The molecule has 1 N–H and O–H groups in total. The number of hydrogen-bond donors (Lipinski definition) is 1. The first-order valence-electron chi connectivity index (χ1n) is 9.86. The molecule has 0 saturated carbocycles. The fourth-order valence-electron chi connectivity index (χ4n) is 3.46. The van der Waals surface area contributed by atoms with E-state index < -0.39 is 5.82 Å². The Balaban J connectivity index is 1.82. The molecule has 7 heteroatoms. The molecule has 1 aromatic heterocycles. The molecule has 2 heterocycles. The molecule has 2 aromatic carbocycles. The van der Waals surface area contributed by atoms with E-state index in [9.17, 15) is 9.18 Å². The number of rotatable bonds is 5. The van der Waals surface area contributed by atoms with Gasteiger partial charge in [-0.15, -0.1) is 0 Å². The minimum absolute atomic E-state index is 0.000968. The van der Waals surface area contributed by atoms with Crippen LogP contribution in [0.25, 0.3) is 11.0 Å². The van der Waals surface area contributed by atoms with Crippen molar-refractivity contribution in [3.05, 3.63) is 65.0 Å². The summed E-state index contributed by atoms with van der Waals surface area (Å²) < 4.78 is 31.2. The molecule has 1 atom stereocenters. The maximum atomic E-state index is 14.3. The van der Waals surface area contributed by atoms with Gasteiger partial charge in [-0.2, -0.15) is 0 Å². The number of fused-ring (bicyclic) bond motifs is 1. The van der Waals surface area contributed by atoms with Gasteiger partial charge in [0.05, 0.1) is 13.2 Å². The average molecular weight is 410 g/mol. The number of aryl methyl sites for hydroxylation is 1. The van der Waals surface area contributed by atoms with Crippen LogP contribution < -0.4 is 15.6 Å². The number of carbonyl (C=O) groups excluding carboxylic acids is 1. The van der Waals surface area contributed by atoms with Gasteiger partial charge in [0.15, 0.2) is 11.3 Å².